The number of H-pyrrole nitrogens is 1. The number of hydrogen-bond acceptors (Lipinski definition) is 16. The molecule has 0 saturated carbocycles. The first kappa shape index (κ1) is 31.4. The summed E-state index contributed by atoms with van der Waals surface area (Å²) < 4.78 is 85.4. The quantitative estimate of drug-likeness (QED) is 0.184. The van der Waals surface area contributed by atoms with Crippen molar-refractivity contribution in [3.63, 3.8) is 0 Å². The summed E-state index contributed by atoms with van der Waals surface area (Å²) in [7, 11) is -6.59. The number of hydrogen-bond donors (Lipinski definition) is 3. The monoisotopic (exact) mass is 685 g/mol. The van der Waals surface area contributed by atoms with Gasteiger partial charge in [-0.15, -0.1) is 0 Å². The normalized spacial score (nSPS) is 37.1. The molecule has 3 fully saturated rings. The number of nitrogens with one attached hydrogen (secondary N) is 1. The summed E-state index contributed by atoms with van der Waals surface area (Å²) in [5.74, 6) is 0.334. The molecule has 9 unspecified atom stereocenters. The number of nitrogens with zero attached hydrogens (tertiary/aromatic N) is 7. The van der Waals surface area contributed by atoms with E-state index in [1.54, 1.807) is 6.92 Å². The van der Waals surface area contributed by atoms with Crippen LogP contribution in [0.5, 0.6) is 0 Å². The fraction of sp³-hybridized carbons (Fsp3) is 0.545. The fourth-order valence-corrected chi connectivity index (χ4v) is 7.83. The van der Waals surface area contributed by atoms with E-state index >= 15 is 4.39 Å². The van der Waals surface area contributed by atoms with Crippen LogP contribution in [0.2, 0.25) is 0 Å². The lowest BCUT2D eigenvalue weighted by Crippen LogP contribution is -2.37. The maximum absolute atomic E-state index is 16.0. The third-order valence-corrected chi connectivity index (χ3v) is 9.98. The Hall–Kier alpha value is -3.17. The molecular formula is C22H27BFN9O11P2. The first-order valence-corrected chi connectivity index (χ1v) is 17.2. The summed E-state index contributed by atoms with van der Waals surface area (Å²) >= 11 is 0. The zero-order chi connectivity index (χ0) is 32.5. The second-order valence-electron chi connectivity index (χ2n) is 10.8. The van der Waals surface area contributed by atoms with Gasteiger partial charge in [0, 0.05) is 7.11 Å². The van der Waals surface area contributed by atoms with Crippen LogP contribution in [0.15, 0.2) is 23.8 Å². The number of fused-ring (bicyclic) bond motifs is 5. The highest BCUT2D eigenvalue weighted by molar-refractivity contribution is 7.79. The number of rotatable bonds is 3. The summed E-state index contributed by atoms with van der Waals surface area (Å²) in [6, 6.07) is 0. The Morgan fingerprint density at radius 1 is 1.02 bits per heavy atom. The van der Waals surface area contributed by atoms with E-state index in [-0.39, 0.29) is 34.0 Å². The zero-order valence-corrected chi connectivity index (χ0v) is 26.1. The second kappa shape index (κ2) is 11.5. The van der Waals surface area contributed by atoms with Gasteiger partial charge < -0.3 is 38.9 Å². The van der Waals surface area contributed by atoms with Crippen LogP contribution in [-0.2, 0) is 41.4 Å². The molecule has 246 valence electrons. The molecule has 3 aliphatic rings. The summed E-state index contributed by atoms with van der Waals surface area (Å²) in [6.07, 6.45) is -7.60. The predicted molar refractivity (Wildman–Crippen MR) is 154 cm³/mol. The minimum atomic E-state index is -5.02. The predicted octanol–water partition coefficient (Wildman–Crippen LogP) is -0.343. The van der Waals surface area contributed by atoms with Gasteiger partial charge in [0.2, 0.25) is 0 Å². The van der Waals surface area contributed by atoms with Gasteiger partial charge in [0.1, 0.15) is 48.2 Å². The third-order valence-electron chi connectivity index (χ3n) is 7.75. The number of phosphoric acid groups is 1. The molecule has 46 heavy (non-hydrogen) atoms. The van der Waals surface area contributed by atoms with Crippen molar-refractivity contribution in [1.82, 2.24) is 39.0 Å². The van der Waals surface area contributed by atoms with Crippen LogP contribution in [0.25, 0.3) is 22.3 Å². The number of nitrogens with two attached hydrogens (primary N) is 1. The highest BCUT2D eigenvalue weighted by Crippen LogP contribution is 2.54. The van der Waals surface area contributed by atoms with E-state index in [1.165, 1.54) is 36.5 Å². The number of aromatic nitrogens is 8. The Balaban J connectivity index is 1.22. The number of imidazole rings is 2. The molecule has 3 aliphatic heterocycles. The molecule has 0 amide bonds. The molecule has 0 spiro atoms. The van der Waals surface area contributed by atoms with Gasteiger partial charge in [0.25, 0.3) is 20.6 Å². The van der Waals surface area contributed by atoms with Crippen molar-refractivity contribution < 1.29 is 50.7 Å². The van der Waals surface area contributed by atoms with Gasteiger partial charge in [-0.2, -0.15) is 0 Å². The van der Waals surface area contributed by atoms with Crippen LogP contribution >= 0.6 is 15.3 Å². The molecule has 0 aromatic carbocycles. The van der Waals surface area contributed by atoms with E-state index in [0.29, 0.717) is 0 Å². The molecule has 20 nitrogen and oxygen atoms in total. The lowest BCUT2D eigenvalue weighted by molar-refractivity contribution is -0.0631. The minimum absolute atomic E-state index is 0.000198. The molecule has 0 radical (unpaired) electrons. The largest absolute Gasteiger partial charge is 0.472 e. The SMILES string of the molecule is B[P@@]1(=O)OCC2OC(n3cnc4c(N)ncnc43)C(F)C2OP(=O)(O)OCC2OC(n3cnc4c(=O)[nH]c(C)nc43)C(O1)C2OC. The Morgan fingerprint density at radius 2 is 1.72 bits per heavy atom. The first-order chi connectivity index (χ1) is 21.9. The Kier molecular flexibility index (Phi) is 7.87. The Morgan fingerprint density at radius 3 is 2.48 bits per heavy atom. The molecule has 4 aromatic rings. The number of aromatic amines is 1. The lowest BCUT2D eigenvalue weighted by atomic mass is 10.1. The topological polar surface area (TPSA) is 252 Å². The van der Waals surface area contributed by atoms with Crippen molar-refractivity contribution in [3.8, 4) is 0 Å². The molecule has 4 N–H and O–H groups in total. The van der Waals surface area contributed by atoms with Gasteiger partial charge in [-0.1, -0.05) is 0 Å². The molecule has 0 aliphatic carbocycles. The highest BCUT2D eigenvalue weighted by Gasteiger charge is 2.54. The van der Waals surface area contributed by atoms with E-state index in [9.17, 15) is 18.8 Å². The van der Waals surface area contributed by atoms with Crippen LogP contribution in [0.3, 0.4) is 0 Å². The van der Waals surface area contributed by atoms with E-state index in [4.69, 9.17) is 38.0 Å². The minimum Gasteiger partial charge on any atom is -0.382 e. The van der Waals surface area contributed by atoms with Gasteiger partial charge in [-0.25, -0.2) is 33.9 Å². The third kappa shape index (κ3) is 5.47. The van der Waals surface area contributed by atoms with E-state index in [2.05, 4.69) is 29.9 Å². The number of methoxy groups -OCH3 is 1. The van der Waals surface area contributed by atoms with Crippen LogP contribution in [0, 0.1) is 6.92 Å². The van der Waals surface area contributed by atoms with Gasteiger partial charge in [-0.05, 0) is 6.92 Å². The molecule has 2 bridgehead atoms. The van der Waals surface area contributed by atoms with Gasteiger partial charge >= 0.3 is 7.82 Å². The number of phosphoric ester groups is 1. The zero-order valence-electron chi connectivity index (χ0n) is 24.3. The summed E-state index contributed by atoms with van der Waals surface area (Å²) in [5, 5.41) is 0. The van der Waals surface area contributed by atoms with E-state index in [1.807, 2.05) is 0 Å². The Bertz CT molecular complexity index is 1960. The number of alkyl halides is 1. The average molecular weight is 685 g/mol. The molecule has 7 heterocycles. The number of ether oxygens (including phenoxy) is 3. The molecule has 24 heteroatoms. The average Bonchev–Trinajstić information content (AvgIpc) is 3.75. The standard InChI is InChI=1S/C22H27BFN9O11P2/c1-8-30-19-13(20(34)31-8)29-7-33(19)22-16-15(38-2)10(42-22)4-40-46(36,37)44-14-9(3-39-45(23,35)43-16)41-21(11(14)24)32-6-28-12-17(25)26-5-27-18(12)32/h5-7,9-11,14-16,21-22H,3-4,23H2,1-2H3,(H,36,37)(H2,25,26,27)(H,30,31,34)/t9?,10?,11?,14?,15?,16?,21?,22?,45-/m1/s1. The fourth-order valence-electron chi connectivity index (χ4n) is 5.73. The van der Waals surface area contributed by atoms with Crippen molar-refractivity contribution >= 4 is 51.0 Å². The second-order valence-corrected chi connectivity index (χ2v) is 14.2. The summed E-state index contributed by atoms with van der Waals surface area (Å²) in [4.78, 5) is 46.3. The Labute approximate surface area is 258 Å². The van der Waals surface area contributed by atoms with Crippen molar-refractivity contribution in [2.45, 2.75) is 56.1 Å². The van der Waals surface area contributed by atoms with Gasteiger partial charge in [-0.3, -0.25) is 27.5 Å². The van der Waals surface area contributed by atoms with Crippen LogP contribution < -0.4 is 11.3 Å². The number of nitrogen functional groups attached to an aromatic ring is 1. The van der Waals surface area contributed by atoms with E-state index in [0.717, 1.165) is 6.33 Å². The number of aryl methyl sites for hydroxylation is 1. The lowest BCUT2D eigenvalue weighted by Gasteiger charge is -2.28. The molecule has 7 rings (SSSR count). The summed E-state index contributed by atoms with van der Waals surface area (Å²) in [6.45, 7) is 0.353. The smallest absolute Gasteiger partial charge is 0.382 e. The maximum Gasteiger partial charge on any atom is 0.472 e. The number of halogens is 1. The van der Waals surface area contributed by atoms with Crippen LogP contribution in [0.4, 0.5) is 10.2 Å². The molecule has 4 aromatic heterocycles. The summed E-state index contributed by atoms with van der Waals surface area (Å²) in [5.41, 5.74) is 5.79. The molecular weight excluding hydrogens is 658 g/mol. The molecule has 10 atom stereocenters. The van der Waals surface area contributed by atoms with E-state index < -0.39 is 83.2 Å². The first-order valence-electron chi connectivity index (χ1n) is 13.8. The maximum atomic E-state index is 16.0. The van der Waals surface area contributed by atoms with Gasteiger partial charge in [0.15, 0.2) is 41.3 Å². The van der Waals surface area contributed by atoms with Crippen molar-refractivity contribution in [2.75, 3.05) is 26.1 Å². The molecule has 3 saturated heterocycles. The van der Waals surface area contributed by atoms with Crippen molar-refractivity contribution in [3.05, 3.63) is 35.2 Å². The van der Waals surface area contributed by atoms with Crippen molar-refractivity contribution in [1.29, 1.82) is 0 Å². The highest BCUT2D eigenvalue weighted by atomic mass is 31.2. The van der Waals surface area contributed by atoms with Crippen LogP contribution in [-0.4, -0.2) is 109 Å². The van der Waals surface area contributed by atoms with Crippen molar-refractivity contribution in [2.24, 2.45) is 0 Å². The number of anilines is 1. The van der Waals surface area contributed by atoms with Crippen LogP contribution in [0.1, 0.15) is 18.3 Å². The van der Waals surface area contributed by atoms with Gasteiger partial charge in [0.05, 0.1) is 25.9 Å².